The number of ether oxygens (including phenoxy) is 1. The second kappa shape index (κ2) is 15.2. The molecule has 0 radical (unpaired) electrons. The molecule has 12 heteroatoms. The van der Waals surface area contributed by atoms with E-state index in [-0.39, 0.29) is 36.9 Å². The van der Waals surface area contributed by atoms with Crippen LogP contribution < -0.4 is 21.1 Å². The number of sulfonamides is 1. The number of anilines is 1. The van der Waals surface area contributed by atoms with Crippen molar-refractivity contribution in [1.82, 2.24) is 14.6 Å². The van der Waals surface area contributed by atoms with E-state index in [0.717, 1.165) is 27.0 Å². The molecular formula is C33H43N5O5S2. The third-order valence-corrected chi connectivity index (χ3v) is 10.4. The van der Waals surface area contributed by atoms with E-state index < -0.39 is 28.1 Å². The summed E-state index contributed by atoms with van der Waals surface area (Å²) in [6.45, 7) is 7.83. The number of amides is 1. The van der Waals surface area contributed by atoms with Gasteiger partial charge in [0.2, 0.25) is 10.0 Å². The zero-order valence-corrected chi connectivity index (χ0v) is 28.0. The monoisotopic (exact) mass is 653 g/mol. The van der Waals surface area contributed by atoms with Gasteiger partial charge in [-0.25, -0.2) is 13.4 Å². The van der Waals surface area contributed by atoms with Crippen LogP contribution in [0.15, 0.2) is 65.6 Å². The highest BCUT2D eigenvalue weighted by molar-refractivity contribution is 7.89. The number of carbonyl (C=O) groups excluding carboxylic acids is 1. The van der Waals surface area contributed by atoms with Gasteiger partial charge in [0.25, 0.3) is 5.91 Å². The molecule has 0 fully saturated rings. The molecule has 4 rings (SSSR count). The Morgan fingerprint density at radius 1 is 1.07 bits per heavy atom. The highest BCUT2D eigenvalue weighted by Gasteiger charge is 2.36. The maximum atomic E-state index is 14.3. The highest BCUT2D eigenvalue weighted by Crippen LogP contribution is 2.31. The number of hydrogen-bond donors (Lipinski definition) is 4. The van der Waals surface area contributed by atoms with Gasteiger partial charge in [-0.05, 0) is 66.6 Å². The molecule has 5 N–H and O–H groups in total. The lowest BCUT2D eigenvalue weighted by molar-refractivity contribution is -0.123. The molecule has 1 heterocycles. The van der Waals surface area contributed by atoms with E-state index in [1.807, 2.05) is 70.2 Å². The zero-order chi connectivity index (χ0) is 32.7. The van der Waals surface area contributed by atoms with Gasteiger partial charge < -0.3 is 26.2 Å². The first kappa shape index (κ1) is 34.3. The number of aromatic nitrogens is 1. The fourth-order valence-corrected chi connectivity index (χ4v) is 8.07. The maximum absolute atomic E-state index is 14.3. The first-order chi connectivity index (χ1) is 21.4. The Kier molecular flexibility index (Phi) is 11.6. The molecule has 0 saturated carbocycles. The Bertz CT molecular complexity index is 1690. The van der Waals surface area contributed by atoms with E-state index in [2.05, 4.69) is 15.6 Å². The maximum Gasteiger partial charge on any atom is 0.258 e. The van der Waals surface area contributed by atoms with Crippen molar-refractivity contribution in [2.45, 2.75) is 57.7 Å². The van der Waals surface area contributed by atoms with Crippen LogP contribution in [0.1, 0.15) is 36.1 Å². The number of aryl methyl sites for hydroxylation is 2. The Morgan fingerprint density at radius 3 is 2.38 bits per heavy atom. The van der Waals surface area contributed by atoms with Crippen molar-refractivity contribution in [2.75, 3.05) is 32.1 Å². The molecular weight excluding hydrogens is 611 g/mol. The van der Waals surface area contributed by atoms with Crippen LogP contribution in [0, 0.1) is 19.8 Å². The normalized spacial score (nSPS) is 13.3. The fourth-order valence-electron chi connectivity index (χ4n) is 5.29. The summed E-state index contributed by atoms with van der Waals surface area (Å²) in [6, 6.07) is 17.3. The van der Waals surface area contributed by atoms with Gasteiger partial charge in [0.15, 0.2) is 11.7 Å². The molecule has 45 heavy (non-hydrogen) atoms. The SMILES string of the molecule is CNc1nc2ccc(S(=O)(=O)N(CC(C)C)C(Cc3ccccc3)C(O)CNC(=O)COc3c(C)cc(CN)cc3C)cc2s1. The van der Waals surface area contributed by atoms with Crippen LogP contribution in [0.25, 0.3) is 10.2 Å². The van der Waals surface area contributed by atoms with E-state index in [0.29, 0.717) is 22.9 Å². The third kappa shape index (κ3) is 8.59. The Morgan fingerprint density at radius 2 is 1.76 bits per heavy atom. The number of rotatable bonds is 15. The molecule has 242 valence electrons. The molecule has 1 amide bonds. The highest BCUT2D eigenvalue weighted by atomic mass is 32.2. The topological polar surface area (TPSA) is 147 Å². The van der Waals surface area contributed by atoms with Crippen LogP contribution in [-0.2, 0) is 27.8 Å². The number of aliphatic hydroxyl groups excluding tert-OH is 1. The van der Waals surface area contributed by atoms with Crippen molar-refractivity contribution in [3.63, 3.8) is 0 Å². The lowest BCUT2D eigenvalue weighted by Gasteiger charge is -2.35. The number of carbonyl (C=O) groups is 1. The van der Waals surface area contributed by atoms with E-state index in [4.69, 9.17) is 10.5 Å². The van der Waals surface area contributed by atoms with Crippen LogP contribution in [0.3, 0.4) is 0 Å². The van der Waals surface area contributed by atoms with Gasteiger partial charge in [-0.1, -0.05) is 67.6 Å². The molecule has 10 nitrogen and oxygen atoms in total. The fraction of sp³-hybridized carbons (Fsp3) is 0.394. The van der Waals surface area contributed by atoms with Gasteiger partial charge in [-0.2, -0.15) is 4.31 Å². The minimum Gasteiger partial charge on any atom is -0.483 e. The van der Waals surface area contributed by atoms with E-state index in [1.54, 1.807) is 25.2 Å². The second-order valence-corrected chi connectivity index (χ2v) is 14.5. The number of nitrogens with zero attached hydrogens (tertiary/aromatic N) is 2. The number of aliphatic hydroxyl groups is 1. The van der Waals surface area contributed by atoms with Crippen LogP contribution in [0.5, 0.6) is 5.75 Å². The smallest absolute Gasteiger partial charge is 0.258 e. The molecule has 0 aliphatic heterocycles. The third-order valence-electron chi connectivity index (χ3n) is 7.44. The lowest BCUT2D eigenvalue weighted by Crippen LogP contribution is -2.53. The minimum atomic E-state index is -4.06. The first-order valence-corrected chi connectivity index (χ1v) is 17.2. The Hall–Kier alpha value is -3.55. The number of benzene rings is 3. The molecule has 0 saturated heterocycles. The predicted molar refractivity (Wildman–Crippen MR) is 180 cm³/mol. The van der Waals surface area contributed by atoms with E-state index >= 15 is 0 Å². The minimum absolute atomic E-state index is 0.0339. The summed E-state index contributed by atoms with van der Waals surface area (Å²) in [5.74, 6) is 0.149. The molecule has 4 aromatic rings. The summed E-state index contributed by atoms with van der Waals surface area (Å²) in [5, 5.41) is 18.0. The quantitative estimate of drug-likeness (QED) is 0.149. The second-order valence-electron chi connectivity index (χ2n) is 11.5. The number of hydrogen-bond acceptors (Lipinski definition) is 9. The van der Waals surface area contributed by atoms with Gasteiger partial charge in [0, 0.05) is 26.7 Å². The molecule has 2 unspecified atom stereocenters. The van der Waals surface area contributed by atoms with Gasteiger partial charge in [-0.3, -0.25) is 4.79 Å². The predicted octanol–water partition coefficient (Wildman–Crippen LogP) is 4.23. The van der Waals surface area contributed by atoms with Crippen LogP contribution in [0.4, 0.5) is 5.13 Å². The number of thiazole rings is 1. The van der Waals surface area contributed by atoms with E-state index in [9.17, 15) is 18.3 Å². The number of fused-ring (bicyclic) bond motifs is 1. The van der Waals surface area contributed by atoms with Gasteiger partial charge in [0.1, 0.15) is 5.75 Å². The summed E-state index contributed by atoms with van der Waals surface area (Å²) < 4.78 is 36.5. The number of nitrogens with one attached hydrogen (secondary N) is 2. The molecule has 0 aliphatic rings. The summed E-state index contributed by atoms with van der Waals surface area (Å²) in [4.78, 5) is 17.4. The van der Waals surface area contributed by atoms with Gasteiger partial charge >= 0.3 is 0 Å². The molecule has 0 bridgehead atoms. The zero-order valence-electron chi connectivity index (χ0n) is 26.4. The largest absolute Gasteiger partial charge is 0.483 e. The molecule has 2 atom stereocenters. The van der Waals surface area contributed by atoms with Crippen LogP contribution in [-0.4, -0.2) is 67.6 Å². The average molecular weight is 654 g/mol. The first-order valence-electron chi connectivity index (χ1n) is 14.9. The van der Waals surface area contributed by atoms with Crippen molar-refractivity contribution < 1.29 is 23.1 Å². The summed E-state index contributed by atoms with van der Waals surface area (Å²) in [6.07, 6.45) is -0.961. The van der Waals surface area contributed by atoms with Crippen LogP contribution >= 0.6 is 11.3 Å². The summed E-state index contributed by atoms with van der Waals surface area (Å²) >= 11 is 1.37. The summed E-state index contributed by atoms with van der Waals surface area (Å²) in [7, 11) is -2.30. The van der Waals surface area contributed by atoms with Gasteiger partial charge in [-0.15, -0.1) is 0 Å². The van der Waals surface area contributed by atoms with Gasteiger partial charge in [0.05, 0.1) is 27.3 Å². The van der Waals surface area contributed by atoms with Crippen LogP contribution in [0.2, 0.25) is 0 Å². The number of nitrogens with two attached hydrogens (primary N) is 1. The van der Waals surface area contributed by atoms with E-state index in [1.165, 1.54) is 15.6 Å². The lowest BCUT2D eigenvalue weighted by atomic mass is 10.00. The van der Waals surface area contributed by atoms with Crippen molar-refractivity contribution in [2.24, 2.45) is 11.7 Å². The molecule has 1 aromatic heterocycles. The standard InChI is InChI=1S/C33H43N5O5S2/c1-21(2)19-38(45(41,42)26-11-12-27-30(16-26)44-33(35-5)37-27)28(15-24-9-7-6-8-10-24)29(39)18-36-31(40)20-43-32-22(3)13-25(17-34)14-23(32)4/h6-14,16,21,28-29,39H,15,17-20,34H2,1-5H3,(H,35,37)(H,36,40). The summed E-state index contributed by atoms with van der Waals surface area (Å²) in [5.41, 5.74) is 10.1. The Labute approximate surface area is 269 Å². The Balaban J connectivity index is 1.57. The average Bonchev–Trinajstić information content (AvgIpc) is 3.44. The van der Waals surface area contributed by atoms with Crippen molar-refractivity contribution in [3.8, 4) is 5.75 Å². The molecule has 0 spiro atoms. The van der Waals surface area contributed by atoms with Crippen molar-refractivity contribution in [3.05, 3.63) is 82.9 Å². The molecule has 0 aliphatic carbocycles. The van der Waals surface area contributed by atoms with Crippen molar-refractivity contribution in [1.29, 1.82) is 0 Å². The van der Waals surface area contributed by atoms with Crippen molar-refractivity contribution >= 4 is 42.6 Å². The molecule has 3 aromatic carbocycles.